The number of hydrogen-bond donors (Lipinski definition) is 1. The lowest BCUT2D eigenvalue weighted by atomic mass is 9.78. The van der Waals surface area contributed by atoms with E-state index in [1.807, 2.05) is 5.38 Å². The van der Waals surface area contributed by atoms with Crippen molar-refractivity contribution in [3.63, 3.8) is 0 Å². The van der Waals surface area contributed by atoms with Crippen molar-refractivity contribution in [2.45, 2.75) is 38.4 Å². The maximum atomic E-state index is 12.3. The first kappa shape index (κ1) is 15.0. The van der Waals surface area contributed by atoms with Crippen molar-refractivity contribution in [3.8, 4) is 0 Å². The molecule has 2 aliphatic heterocycles. The molecule has 0 aliphatic carbocycles. The summed E-state index contributed by atoms with van der Waals surface area (Å²) in [6, 6.07) is 0. The highest BCUT2D eigenvalue weighted by molar-refractivity contribution is 7.13. The molecule has 1 aromatic heterocycles. The van der Waals surface area contributed by atoms with Crippen LogP contribution in [0.4, 0.5) is 5.13 Å². The Kier molecular flexibility index (Phi) is 3.47. The number of anilines is 1. The zero-order chi connectivity index (χ0) is 16.0. The SMILES string of the molecule is C=CCNc1nc([C@]2(C)C[C@]3(C[C@@H](C)OC3=O)C(=O)O2)cs1. The van der Waals surface area contributed by atoms with Crippen molar-refractivity contribution in [2.75, 3.05) is 11.9 Å². The predicted octanol–water partition coefficient (Wildman–Crippen LogP) is 2.22. The monoisotopic (exact) mass is 322 g/mol. The quantitative estimate of drug-likeness (QED) is 0.520. The summed E-state index contributed by atoms with van der Waals surface area (Å²) in [7, 11) is 0. The zero-order valence-electron chi connectivity index (χ0n) is 12.5. The number of cyclic esters (lactones) is 2. The van der Waals surface area contributed by atoms with Crippen LogP contribution in [-0.4, -0.2) is 29.6 Å². The van der Waals surface area contributed by atoms with Crippen LogP contribution in [0.5, 0.6) is 0 Å². The van der Waals surface area contributed by atoms with Crippen molar-refractivity contribution >= 4 is 28.4 Å². The number of carbonyl (C=O) groups is 2. The number of aromatic nitrogens is 1. The number of ether oxygens (including phenoxy) is 2. The van der Waals surface area contributed by atoms with Crippen LogP contribution < -0.4 is 5.32 Å². The summed E-state index contributed by atoms with van der Waals surface area (Å²) < 4.78 is 10.7. The molecule has 3 atom stereocenters. The van der Waals surface area contributed by atoms with Gasteiger partial charge in [-0.15, -0.1) is 17.9 Å². The maximum absolute atomic E-state index is 12.3. The van der Waals surface area contributed by atoms with E-state index in [2.05, 4.69) is 16.9 Å². The van der Waals surface area contributed by atoms with Gasteiger partial charge in [0.05, 0.1) is 5.69 Å². The van der Waals surface area contributed by atoms with Crippen LogP contribution >= 0.6 is 11.3 Å². The first-order valence-electron chi connectivity index (χ1n) is 7.15. The van der Waals surface area contributed by atoms with E-state index in [1.54, 1.807) is 19.9 Å². The van der Waals surface area contributed by atoms with E-state index in [9.17, 15) is 9.59 Å². The second-order valence-corrected chi connectivity index (χ2v) is 6.86. The first-order valence-corrected chi connectivity index (χ1v) is 8.03. The van der Waals surface area contributed by atoms with Gasteiger partial charge in [0.2, 0.25) is 0 Å². The van der Waals surface area contributed by atoms with Gasteiger partial charge in [-0.05, 0) is 13.8 Å². The molecule has 3 rings (SSSR count). The highest BCUT2D eigenvalue weighted by atomic mass is 32.1. The van der Waals surface area contributed by atoms with Crippen molar-refractivity contribution < 1.29 is 19.1 Å². The lowest BCUT2D eigenvalue weighted by molar-refractivity contribution is -0.160. The standard InChI is InChI=1S/C15H18N2O4S/c1-4-5-16-13-17-10(7-22-13)14(3)8-15(12(19)21-14)6-9(2)20-11(15)18/h4,7,9H,1,5-6,8H2,2-3H3,(H,16,17)/t9-,14+,15+/m1/s1. The van der Waals surface area contributed by atoms with Gasteiger partial charge >= 0.3 is 11.9 Å². The Hall–Kier alpha value is -1.89. The van der Waals surface area contributed by atoms with Crippen molar-refractivity contribution in [1.29, 1.82) is 0 Å². The van der Waals surface area contributed by atoms with Crippen LogP contribution in [0.1, 0.15) is 32.4 Å². The second kappa shape index (κ2) is 5.08. The summed E-state index contributed by atoms with van der Waals surface area (Å²) in [5, 5.41) is 5.68. The summed E-state index contributed by atoms with van der Waals surface area (Å²) in [5.74, 6) is -0.980. The largest absolute Gasteiger partial charge is 0.462 e. The molecule has 1 aromatic rings. The van der Waals surface area contributed by atoms with Gasteiger partial charge in [-0.3, -0.25) is 9.59 Å². The third-order valence-corrected chi connectivity index (χ3v) is 4.93. The van der Waals surface area contributed by atoms with Crippen molar-refractivity contribution in [2.24, 2.45) is 5.41 Å². The molecule has 0 bridgehead atoms. The number of esters is 2. The Morgan fingerprint density at radius 3 is 2.95 bits per heavy atom. The first-order chi connectivity index (χ1) is 10.4. The molecule has 0 unspecified atom stereocenters. The van der Waals surface area contributed by atoms with E-state index in [0.29, 0.717) is 18.7 Å². The number of nitrogens with zero attached hydrogens (tertiary/aromatic N) is 1. The third kappa shape index (κ3) is 2.20. The fourth-order valence-electron chi connectivity index (χ4n) is 3.11. The summed E-state index contributed by atoms with van der Waals surface area (Å²) in [6.45, 7) is 7.83. The van der Waals surface area contributed by atoms with E-state index in [1.165, 1.54) is 11.3 Å². The molecule has 1 N–H and O–H groups in total. The van der Waals surface area contributed by atoms with E-state index in [0.717, 1.165) is 5.13 Å². The minimum absolute atomic E-state index is 0.261. The van der Waals surface area contributed by atoms with Gasteiger partial charge in [0.25, 0.3) is 0 Å². The van der Waals surface area contributed by atoms with Gasteiger partial charge in [-0.1, -0.05) is 6.08 Å². The molecule has 3 heterocycles. The average Bonchev–Trinajstić information content (AvgIpc) is 3.08. The number of rotatable bonds is 4. The number of carbonyl (C=O) groups excluding carboxylic acids is 2. The van der Waals surface area contributed by atoms with Gasteiger partial charge in [0.1, 0.15) is 6.10 Å². The molecule has 2 aliphatic rings. The van der Waals surface area contributed by atoms with Crippen molar-refractivity contribution in [1.82, 2.24) is 4.98 Å². The molecule has 6 nitrogen and oxygen atoms in total. The number of thiazole rings is 1. The average molecular weight is 322 g/mol. The molecule has 0 aromatic carbocycles. The summed E-state index contributed by atoms with van der Waals surface area (Å²) in [6.07, 6.45) is 2.12. The molecule has 0 amide bonds. The highest BCUT2D eigenvalue weighted by Gasteiger charge is 2.65. The van der Waals surface area contributed by atoms with Crippen LogP contribution in [0.3, 0.4) is 0 Å². The lowest BCUT2D eigenvalue weighted by Crippen LogP contribution is -2.31. The Labute approximate surface area is 132 Å². The molecular weight excluding hydrogens is 304 g/mol. The van der Waals surface area contributed by atoms with Gasteiger partial charge in [0, 0.05) is 24.8 Å². The van der Waals surface area contributed by atoms with Gasteiger partial charge in [0.15, 0.2) is 16.1 Å². The summed E-state index contributed by atoms with van der Waals surface area (Å²) >= 11 is 1.43. The van der Waals surface area contributed by atoms with E-state index >= 15 is 0 Å². The molecular formula is C15H18N2O4S. The summed E-state index contributed by atoms with van der Waals surface area (Å²) in [4.78, 5) is 28.9. The van der Waals surface area contributed by atoms with Gasteiger partial charge in [-0.25, -0.2) is 4.98 Å². The van der Waals surface area contributed by atoms with Crippen LogP contribution in [0.25, 0.3) is 0 Å². The summed E-state index contributed by atoms with van der Waals surface area (Å²) in [5.41, 5.74) is -1.42. The molecule has 0 saturated carbocycles. The minimum Gasteiger partial charge on any atom is -0.462 e. The third-order valence-electron chi connectivity index (χ3n) is 4.13. The molecule has 22 heavy (non-hydrogen) atoms. The van der Waals surface area contributed by atoms with E-state index in [-0.39, 0.29) is 12.5 Å². The second-order valence-electron chi connectivity index (χ2n) is 6.01. The molecule has 118 valence electrons. The van der Waals surface area contributed by atoms with E-state index in [4.69, 9.17) is 9.47 Å². The highest BCUT2D eigenvalue weighted by Crippen LogP contribution is 2.52. The van der Waals surface area contributed by atoms with Gasteiger partial charge < -0.3 is 14.8 Å². The Morgan fingerprint density at radius 1 is 1.55 bits per heavy atom. The molecule has 2 fully saturated rings. The number of nitrogens with one attached hydrogen (secondary N) is 1. The zero-order valence-corrected chi connectivity index (χ0v) is 13.4. The Morgan fingerprint density at radius 2 is 2.32 bits per heavy atom. The van der Waals surface area contributed by atoms with Gasteiger partial charge in [-0.2, -0.15) is 0 Å². The maximum Gasteiger partial charge on any atom is 0.324 e. The lowest BCUT2D eigenvalue weighted by Gasteiger charge is -2.20. The van der Waals surface area contributed by atoms with Crippen LogP contribution in [0.15, 0.2) is 18.0 Å². The fourth-order valence-corrected chi connectivity index (χ4v) is 3.95. The molecule has 2 saturated heterocycles. The smallest absolute Gasteiger partial charge is 0.324 e. The van der Waals surface area contributed by atoms with Crippen LogP contribution in [0, 0.1) is 5.41 Å². The topological polar surface area (TPSA) is 77.5 Å². The normalized spacial score (nSPS) is 33.8. The van der Waals surface area contributed by atoms with Crippen molar-refractivity contribution in [3.05, 3.63) is 23.7 Å². The fraction of sp³-hybridized carbons (Fsp3) is 0.533. The van der Waals surface area contributed by atoms with E-state index < -0.39 is 23.0 Å². The van der Waals surface area contributed by atoms with Crippen LogP contribution in [-0.2, 0) is 24.7 Å². The molecule has 1 spiro atoms. The number of hydrogen-bond acceptors (Lipinski definition) is 7. The Balaban J connectivity index is 1.86. The predicted molar refractivity (Wildman–Crippen MR) is 81.5 cm³/mol. The molecule has 0 radical (unpaired) electrons. The minimum atomic E-state index is -1.17. The Bertz CT molecular complexity index is 643. The van der Waals surface area contributed by atoms with Crippen LogP contribution in [0.2, 0.25) is 0 Å². The molecule has 7 heteroatoms.